The summed E-state index contributed by atoms with van der Waals surface area (Å²) in [6.45, 7) is 0. The maximum atomic E-state index is 12.9. The number of hydrogen-bond acceptors (Lipinski definition) is 2. The van der Waals surface area contributed by atoms with Crippen LogP contribution in [0.5, 0.6) is 0 Å². The number of para-hydroxylation sites is 1. The third-order valence-corrected chi connectivity index (χ3v) is 3.10. The van der Waals surface area contributed by atoms with Crippen LogP contribution in [-0.4, -0.2) is 7.05 Å². The molecular weight excluding hydrogens is 227 g/mol. The van der Waals surface area contributed by atoms with Crippen molar-refractivity contribution in [1.82, 2.24) is 5.32 Å². The Bertz CT molecular complexity index is 508. The van der Waals surface area contributed by atoms with Gasteiger partial charge in [0, 0.05) is 11.7 Å². The van der Waals surface area contributed by atoms with Gasteiger partial charge in [0.2, 0.25) is 0 Å². The van der Waals surface area contributed by atoms with Crippen LogP contribution in [0, 0.1) is 5.82 Å². The number of nitrogen functional groups attached to an aromatic ring is 1. The summed E-state index contributed by atoms with van der Waals surface area (Å²) in [5.74, 6) is -0.215. The number of likely N-dealkylation sites (N-methyl/N-ethyl adjacent to an activating group) is 1. The van der Waals surface area contributed by atoms with Crippen LogP contribution in [0.4, 0.5) is 10.1 Å². The molecule has 3 heteroatoms. The molecule has 94 valence electrons. The molecule has 0 amide bonds. The van der Waals surface area contributed by atoms with E-state index >= 15 is 0 Å². The van der Waals surface area contributed by atoms with Crippen molar-refractivity contribution < 1.29 is 4.39 Å². The summed E-state index contributed by atoms with van der Waals surface area (Å²) < 4.78 is 12.9. The van der Waals surface area contributed by atoms with Gasteiger partial charge in [-0.1, -0.05) is 30.3 Å². The molecule has 2 aromatic rings. The van der Waals surface area contributed by atoms with Crippen molar-refractivity contribution in [3.63, 3.8) is 0 Å². The molecule has 2 nitrogen and oxygen atoms in total. The highest BCUT2D eigenvalue weighted by Crippen LogP contribution is 2.21. The monoisotopic (exact) mass is 244 g/mol. The second kappa shape index (κ2) is 5.65. The molecule has 2 aromatic carbocycles. The maximum absolute atomic E-state index is 12.9. The van der Waals surface area contributed by atoms with E-state index in [0.29, 0.717) is 0 Å². The van der Waals surface area contributed by atoms with Crippen molar-refractivity contribution in [2.24, 2.45) is 0 Å². The second-order valence-corrected chi connectivity index (χ2v) is 4.30. The Kier molecular flexibility index (Phi) is 3.95. The van der Waals surface area contributed by atoms with E-state index in [2.05, 4.69) is 5.32 Å². The predicted octanol–water partition coefficient (Wildman–Crippen LogP) is 2.91. The summed E-state index contributed by atoms with van der Waals surface area (Å²) >= 11 is 0. The number of anilines is 1. The summed E-state index contributed by atoms with van der Waals surface area (Å²) in [6, 6.07) is 14.5. The Morgan fingerprint density at radius 2 is 1.78 bits per heavy atom. The first-order valence-electron chi connectivity index (χ1n) is 5.97. The first kappa shape index (κ1) is 12.6. The minimum atomic E-state index is -0.215. The zero-order valence-corrected chi connectivity index (χ0v) is 10.4. The molecule has 0 bridgehead atoms. The summed E-state index contributed by atoms with van der Waals surface area (Å²) in [5.41, 5.74) is 8.89. The third-order valence-electron chi connectivity index (χ3n) is 3.10. The molecule has 0 aliphatic rings. The van der Waals surface area contributed by atoms with Crippen LogP contribution < -0.4 is 11.1 Å². The first-order valence-corrected chi connectivity index (χ1v) is 5.97. The molecule has 0 saturated heterocycles. The lowest BCUT2D eigenvalue weighted by molar-refractivity contribution is 0.586. The van der Waals surface area contributed by atoms with Gasteiger partial charge in [-0.2, -0.15) is 0 Å². The molecule has 2 rings (SSSR count). The zero-order valence-electron chi connectivity index (χ0n) is 10.4. The molecular formula is C15H17FN2. The quantitative estimate of drug-likeness (QED) is 0.812. The van der Waals surface area contributed by atoms with Crippen LogP contribution in [0.2, 0.25) is 0 Å². The average molecular weight is 244 g/mol. The standard InChI is InChI=1S/C15H17FN2/c1-18-15(11-6-8-13(16)9-7-11)10-12-4-2-3-5-14(12)17/h2-9,15,18H,10,17H2,1H3. The maximum Gasteiger partial charge on any atom is 0.123 e. The topological polar surface area (TPSA) is 38.0 Å². The molecule has 0 spiro atoms. The van der Waals surface area contributed by atoms with E-state index in [1.165, 1.54) is 12.1 Å². The number of rotatable bonds is 4. The Morgan fingerprint density at radius 1 is 1.11 bits per heavy atom. The van der Waals surface area contributed by atoms with Crippen molar-refractivity contribution in [1.29, 1.82) is 0 Å². The second-order valence-electron chi connectivity index (χ2n) is 4.30. The number of halogens is 1. The minimum absolute atomic E-state index is 0.135. The predicted molar refractivity (Wildman–Crippen MR) is 72.8 cm³/mol. The Morgan fingerprint density at radius 3 is 2.39 bits per heavy atom. The Labute approximate surface area is 107 Å². The molecule has 1 atom stereocenters. The van der Waals surface area contributed by atoms with Gasteiger partial charge >= 0.3 is 0 Å². The average Bonchev–Trinajstić information content (AvgIpc) is 2.39. The lowest BCUT2D eigenvalue weighted by Gasteiger charge is -2.17. The summed E-state index contributed by atoms with van der Waals surface area (Å²) in [4.78, 5) is 0. The fourth-order valence-corrected chi connectivity index (χ4v) is 2.02. The van der Waals surface area contributed by atoms with Crippen LogP contribution in [0.3, 0.4) is 0 Å². The van der Waals surface area contributed by atoms with Gasteiger partial charge in [-0.05, 0) is 42.8 Å². The van der Waals surface area contributed by atoms with Crippen LogP contribution in [0.1, 0.15) is 17.2 Å². The minimum Gasteiger partial charge on any atom is -0.399 e. The fourth-order valence-electron chi connectivity index (χ4n) is 2.02. The highest BCUT2D eigenvalue weighted by molar-refractivity contribution is 5.47. The van der Waals surface area contributed by atoms with Gasteiger partial charge in [0.25, 0.3) is 0 Å². The molecule has 0 heterocycles. The molecule has 0 aromatic heterocycles. The van der Waals surface area contributed by atoms with E-state index in [1.54, 1.807) is 12.1 Å². The van der Waals surface area contributed by atoms with Gasteiger partial charge in [-0.3, -0.25) is 0 Å². The number of nitrogens with two attached hydrogens (primary N) is 1. The lowest BCUT2D eigenvalue weighted by atomic mass is 9.98. The van der Waals surface area contributed by atoms with Gasteiger partial charge < -0.3 is 11.1 Å². The van der Waals surface area contributed by atoms with Gasteiger partial charge in [-0.25, -0.2) is 4.39 Å². The summed E-state index contributed by atoms with van der Waals surface area (Å²) in [7, 11) is 1.90. The largest absolute Gasteiger partial charge is 0.399 e. The van der Waals surface area contributed by atoms with E-state index in [4.69, 9.17) is 5.73 Å². The third kappa shape index (κ3) is 2.87. The normalized spacial score (nSPS) is 12.3. The van der Waals surface area contributed by atoms with Crippen LogP contribution in [0.25, 0.3) is 0 Å². The van der Waals surface area contributed by atoms with Gasteiger partial charge in [0.05, 0.1) is 0 Å². The van der Waals surface area contributed by atoms with Gasteiger partial charge in [-0.15, -0.1) is 0 Å². The van der Waals surface area contributed by atoms with E-state index < -0.39 is 0 Å². The summed E-state index contributed by atoms with van der Waals surface area (Å²) in [5, 5.41) is 3.24. The molecule has 1 unspecified atom stereocenters. The smallest absolute Gasteiger partial charge is 0.123 e. The highest BCUT2D eigenvalue weighted by atomic mass is 19.1. The molecule has 3 N–H and O–H groups in total. The summed E-state index contributed by atoms with van der Waals surface area (Å²) in [6.07, 6.45) is 0.787. The SMILES string of the molecule is CNC(Cc1ccccc1N)c1ccc(F)cc1. The van der Waals surface area contributed by atoms with Gasteiger partial charge in [0.15, 0.2) is 0 Å². The number of benzene rings is 2. The molecule has 0 aliphatic heterocycles. The molecule has 0 fully saturated rings. The first-order chi connectivity index (χ1) is 8.70. The fraction of sp³-hybridized carbons (Fsp3) is 0.200. The van der Waals surface area contributed by atoms with Crippen LogP contribution in [-0.2, 0) is 6.42 Å². The molecule has 18 heavy (non-hydrogen) atoms. The molecule has 0 saturated carbocycles. The van der Waals surface area contributed by atoms with Crippen molar-refractivity contribution in [3.05, 3.63) is 65.5 Å². The van der Waals surface area contributed by atoms with Crippen LogP contribution >= 0.6 is 0 Å². The van der Waals surface area contributed by atoms with E-state index in [0.717, 1.165) is 23.2 Å². The van der Waals surface area contributed by atoms with E-state index in [-0.39, 0.29) is 11.9 Å². The van der Waals surface area contributed by atoms with Gasteiger partial charge in [0.1, 0.15) is 5.82 Å². The van der Waals surface area contributed by atoms with Crippen molar-refractivity contribution in [2.75, 3.05) is 12.8 Å². The van der Waals surface area contributed by atoms with E-state index in [9.17, 15) is 4.39 Å². The van der Waals surface area contributed by atoms with Crippen molar-refractivity contribution in [2.45, 2.75) is 12.5 Å². The lowest BCUT2D eigenvalue weighted by Crippen LogP contribution is -2.19. The number of nitrogens with one attached hydrogen (secondary N) is 1. The molecule has 0 aliphatic carbocycles. The van der Waals surface area contributed by atoms with Crippen molar-refractivity contribution in [3.8, 4) is 0 Å². The highest BCUT2D eigenvalue weighted by Gasteiger charge is 2.11. The zero-order chi connectivity index (χ0) is 13.0. The Balaban J connectivity index is 2.20. The van der Waals surface area contributed by atoms with E-state index in [1.807, 2.05) is 31.3 Å². The Hall–Kier alpha value is -1.87. The van der Waals surface area contributed by atoms with Crippen molar-refractivity contribution >= 4 is 5.69 Å². The van der Waals surface area contributed by atoms with Crippen LogP contribution in [0.15, 0.2) is 48.5 Å². The number of hydrogen-bond donors (Lipinski definition) is 2. The molecule has 0 radical (unpaired) electrons.